The molecule has 0 heterocycles. The first-order chi connectivity index (χ1) is 14.2. The number of carbonyl (C=O) groups is 1. The summed E-state index contributed by atoms with van der Waals surface area (Å²) in [5.41, 5.74) is 2.54. The van der Waals surface area contributed by atoms with E-state index in [0.29, 0.717) is 11.5 Å². The maximum atomic E-state index is 12.0. The molecule has 2 aromatic rings. The Balaban J connectivity index is 1.70. The van der Waals surface area contributed by atoms with Crippen molar-refractivity contribution in [3.05, 3.63) is 59.7 Å². The van der Waals surface area contributed by atoms with Gasteiger partial charge in [-0.15, -0.1) is 0 Å². The standard InChI is InChI=1S/C26H36O3/c1-3-5-7-8-9-11-13-23-16-20-25(21-17-23)29-26(27)28-24-18-14-22(15-19-24)12-10-6-4-2/h14-21H,3-13H2,1-2H3. The quantitative estimate of drug-likeness (QED) is 0.196. The third-order valence-electron chi connectivity index (χ3n) is 5.14. The fourth-order valence-corrected chi connectivity index (χ4v) is 3.35. The maximum absolute atomic E-state index is 12.0. The van der Waals surface area contributed by atoms with Crippen LogP contribution in [-0.2, 0) is 12.8 Å². The van der Waals surface area contributed by atoms with Gasteiger partial charge >= 0.3 is 6.16 Å². The molecule has 0 aliphatic rings. The molecule has 29 heavy (non-hydrogen) atoms. The van der Waals surface area contributed by atoms with E-state index in [2.05, 4.69) is 13.8 Å². The molecule has 0 atom stereocenters. The van der Waals surface area contributed by atoms with Crippen LogP contribution in [0.25, 0.3) is 0 Å². The SMILES string of the molecule is CCCCCCCCc1ccc(OC(=O)Oc2ccc(CCCCC)cc2)cc1. The topological polar surface area (TPSA) is 35.5 Å². The minimum atomic E-state index is -0.701. The third-order valence-corrected chi connectivity index (χ3v) is 5.14. The average Bonchev–Trinajstić information content (AvgIpc) is 2.73. The van der Waals surface area contributed by atoms with E-state index in [-0.39, 0.29) is 0 Å². The molecule has 0 radical (unpaired) electrons. The fraction of sp³-hybridized carbons (Fsp3) is 0.500. The zero-order chi connectivity index (χ0) is 20.7. The molecule has 0 unspecified atom stereocenters. The van der Waals surface area contributed by atoms with Gasteiger partial charge in [-0.3, -0.25) is 0 Å². The number of carbonyl (C=O) groups excluding carboxylic acids is 1. The lowest BCUT2D eigenvalue weighted by atomic mass is 10.1. The van der Waals surface area contributed by atoms with E-state index >= 15 is 0 Å². The third kappa shape index (κ3) is 9.65. The highest BCUT2D eigenvalue weighted by Gasteiger charge is 2.08. The van der Waals surface area contributed by atoms with Crippen LogP contribution in [-0.4, -0.2) is 6.16 Å². The minimum absolute atomic E-state index is 0.508. The second-order valence-electron chi connectivity index (χ2n) is 7.72. The summed E-state index contributed by atoms with van der Waals surface area (Å²) in [5, 5.41) is 0. The molecule has 0 aliphatic heterocycles. The second kappa shape index (κ2) is 13.8. The predicted molar refractivity (Wildman–Crippen MR) is 120 cm³/mol. The van der Waals surface area contributed by atoms with E-state index in [9.17, 15) is 4.79 Å². The van der Waals surface area contributed by atoms with Crippen LogP contribution in [0.2, 0.25) is 0 Å². The Morgan fingerprint density at radius 1 is 0.586 bits per heavy atom. The number of benzene rings is 2. The highest BCUT2D eigenvalue weighted by atomic mass is 16.7. The summed E-state index contributed by atoms with van der Waals surface area (Å²) >= 11 is 0. The molecule has 0 saturated carbocycles. The zero-order valence-electron chi connectivity index (χ0n) is 18.1. The van der Waals surface area contributed by atoms with Gasteiger partial charge in [0, 0.05) is 0 Å². The molecule has 0 aromatic heterocycles. The predicted octanol–water partition coefficient (Wildman–Crippen LogP) is 7.90. The van der Waals surface area contributed by atoms with E-state index in [1.54, 1.807) is 0 Å². The van der Waals surface area contributed by atoms with Crippen LogP contribution in [0.3, 0.4) is 0 Å². The van der Waals surface area contributed by atoms with Crippen LogP contribution in [0.5, 0.6) is 11.5 Å². The second-order valence-corrected chi connectivity index (χ2v) is 7.72. The van der Waals surface area contributed by atoms with Gasteiger partial charge in [0.05, 0.1) is 0 Å². The maximum Gasteiger partial charge on any atom is 0.519 e. The van der Waals surface area contributed by atoms with Gasteiger partial charge in [0.25, 0.3) is 0 Å². The van der Waals surface area contributed by atoms with Crippen molar-refractivity contribution in [2.75, 3.05) is 0 Å². The molecule has 0 aliphatic carbocycles. The molecule has 0 saturated heterocycles. The van der Waals surface area contributed by atoms with Gasteiger partial charge in [-0.2, -0.15) is 0 Å². The Kier molecular flexibility index (Phi) is 11.0. The van der Waals surface area contributed by atoms with Gasteiger partial charge < -0.3 is 9.47 Å². The summed E-state index contributed by atoms with van der Waals surface area (Å²) in [5.74, 6) is 1.02. The molecule has 2 aromatic carbocycles. The number of aryl methyl sites for hydroxylation is 2. The van der Waals surface area contributed by atoms with E-state index in [1.165, 1.54) is 68.9 Å². The van der Waals surface area contributed by atoms with Gasteiger partial charge in [-0.1, -0.05) is 83.1 Å². The molecule has 0 amide bonds. The van der Waals surface area contributed by atoms with E-state index in [0.717, 1.165) is 12.8 Å². The minimum Gasteiger partial charge on any atom is -0.395 e. The van der Waals surface area contributed by atoms with Crippen molar-refractivity contribution in [1.82, 2.24) is 0 Å². The van der Waals surface area contributed by atoms with Gasteiger partial charge in [0.1, 0.15) is 11.5 Å². The number of unbranched alkanes of at least 4 members (excludes halogenated alkanes) is 7. The van der Waals surface area contributed by atoms with Crippen LogP contribution >= 0.6 is 0 Å². The van der Waals surface area contributed by atoms with Crippen LogP contribution in [0, 0.1) is 0 Å². The number of hydrogen-bond donors (Lipinski definition) is 0. The normalized spacial score (nSPS) is 10.7. The summed E-state index contributed by atoms with van der Waals surface area (Å²) in [6, 6.07) is 15.4. The largest absolute Gasteiger partial charge is 0.519 e. The summed E-state index contributed by atoms with van der Waals surface area (Å²) in [6.45, 7) is 4.44. The molecule has 158 valence electrons. The number of ether oxygens (including phenoxy) is 2. The Labute approximate surface area is 176 Å². The average molecular weight is 397 g/mol. The van der Waals surface area contributed by atoms with Crippen molar-refractivity contribution in [3.63, 3.8) is 0 Å². The van der Waals surface area contributed by atoms with Crippen molar-refractivity contribution in [1.29, 1.82) is 0 Å². The molecule has 2 rings (SSSR count). The molecule has 0 N–H and O–H groups in total. The van der Waals surface area contributed by atoms with Gasteiger partial charge in [0.15, 0.2) is 0 Å². The number of rotatable bonds is 13. The lowest BCUT2D eigenvalue weighted by Gasteiger charge is -2.07. The number of hydrogen-bond acceptors (Lipinski definition) is 3. The van der Waals surface area contributed by atoms with Crippen LogP contribution in [0.1, 0.15) is 82.8 Å². The zero-order valence-corrected chi connectivity index (χ0v) is 18.1. The molecule has 3 heteroatoms. The molecule has 0 spiro atoms. The van der Waals surface area contributed by atoms with Gasteiger partial charge in [0.2, 0.25) is 0 Å². The first kappa shape index (κ1) is 23.0. The lowest BCUT2D eigenvalue weighted by Crippen LogP contribution is -2.13. The van der Waals surface area contributed by atoms with Crippen molar-refractivity contribution in [2.24, 2.45) is 0 Å². The van der Waals surface area contributed by atoms with Gasteiger partial charge in [-0.05, 0) is 61.1 Å². The highest BCUT2D eigenvalue weighted by Crippen LogP contribution is 2.18. The molecular formula is C26H36O3. The van der Waals surface area contributed by atoms with Crippen molar-refractivity contribution in [2.45, 2.75) is 84.5 Å². The first-order valence-electron chi connectivity index (χ1n) is 11.3. The summed E-state index contributed by atoms with van der Waals surface area (Å²) in [7, 11) is 0. The summed E-state index contributed by atoms with van der Waals surface area (Å²) in [4.78, 5) is 12.0. The molecule has 0 bridgehead atoms. The Bertz CT molecular complexity index is 689. The van der Waals surface area contributed by atoms with E-state index in [4.69, 9.17) is 9.47 Å². The van der Waals surface area contributed by atoms with E-state index in [1.807, 2.05) is 48.5 Å². The monoisotopic (exact) mass is 396 g/mol. The summed E-state index contributed by atoms with van der Waals surface area (Å²) < 4.78 is 10.6. The Morgan fingerprint density at radius 2 is 0.966 bits per heavy atom. The van der Waals surface area contributed by atoms with E-state index < -0.39 is 6.16 Å². The van der Waals surface area contributed by atoms with Crippen LogP contribution in [0.4, 0.5) is 4.79 Å². The van der Waals surface area contributed by atoms with Crippen LogP contribution in [0.15, 0.2) is 48.5 Å². The smallest absolute Gasteiger partial charge is 0.395 e. The first-order valence-corrected chi connectivity index (χ1v) is 11.3. The van der Waals surface area contributed by atoms with Crippen molar-refractivity contribution >= 4 is 6.16 Å². The van der Waals surface area contributed by atoms with Crippen LogP contribution < -0.4 is 9.47 Å². The summed E-state index contributed by atoms with van der Waals surface area (Å²) in [6.07, 6.45) is 12.8. The van der Waals surface area contributed by atoms with Crippen molar-refractivity contribution < 1.29 is 14.3 Å². The fourth-order valence-electron chi connectivity index (χ4n) is 3.35. The molecule has 0 fully saturated rings. The van der Waals surface area contributed by atoms with Gasteiger partial charge in [-0.25, -0.2) is 4.79 Å². The molecule has 3 nitrogen and oxygen atoms in total. The Hall–Kier alpha value is -2.29. The lowest BCUT2D eigenvalue weighted by molar-refractivity contribution is 0.152. The highest BCUT2D eigenvalue weighted by molar-refractivity contribution is 5.67. The van der Waals surface area contributed by atoms with Crippen molar-refractivity contribution in [3.8, 4) is 11.5 Å². The Morgan fingerprint density at radius 3 is 1.45 bits per heavy atom. The molecular weight excluding hydrogens is 360 g/mol.